The fraction of sp³-hybridized carbons (Fsp3) is 0.958. The van der Waals surface area contributed by atoms with Crippen LogP contribution in [0.15, 0.2) is 0 Å². The van der Waals surface area contributed by atoms with E-state index in [-0.39, 0.29) is 0 Å². The van der Waals surface area contributed by atoms with Crippen molar-refractivity contribution in [2.75, 3.05) is 13.1 Å². The molecule has 0 unspecified atom stereocenters. The third-order valence-electron chi connectivity index (χ3n) is 5.03. The van der Waals surface area contributed by atoms with Gasteiger partial charge in [0.05, 0.1) is 4.99 Å². The molecule has 0 heterocycles. The molecule has 0 rings (SSSR count). The summed E-state index contributed by atoms with van der Waals surface area (Å²) in [6, 6.07) is 0. The summed E-state index contributed by atoms with van der Waals surface area (Å²) in [5.74, 6) is 0. The van der Waals surface area contributed by atoms with E-state index in [1.165, 1.54) is 75.6 Å². The second kappa shape index (κ2) is 24.7. The summed E-state index contributed by atoms with van der Waals surface area (Å²) in [5.41, 5.74) is 0. The van der Waals surface area contributed by atoms with Gasteiger partial charge in [-0.2, -0.15) is 0 Å². The Hall–Kier alpha value is 0.689. The van der Waals surface area contributed by atoms with Gasteiger partial charge in [0.2, 0.25) is 0 Å². The molecule has 1 radical (unpaired) electrons. The average molecular weight is 505 g/mol. The molecule has 163 valence electrons. The Balaban J connectivity index is 0. The second-order valence-electron chi connectivity index (χ2n) is 7.90. The van der Waals surface area contributed by atoms with Crippen molar-refractivity contribution in [3.8, 4) is 0 Å². The monoisotopic (exact) mass is 506 g/mol. The maximum atomic E-state index is 5.43. The standard InChI is InChI=1S/C12H25NS.3C4H9.Sn/c1-4-7-10-13(11-8-5-2)12(14)9-6-3;3*1-3-4-2;/h4-11H2,1-3H3;3*1,3-4H2,2H3;. The van der Waals surface area contributed by atoms with Crippen LogP contribution in [-0.2, 0) is 0 Å². The summed E-state index contributed by atoms with van der Waals surface area (Å²) < 4.78 is 5.04. The fourth-order valence-electron chi connectivity index (χ4n) is 3.09. The van der Waals surface area contributed by atoms with Crippen molar-refractivity contribution in [3.05, 3.63) is 0 Å². The molecular weight excluding hydrogens is 453 g/mol. The Morgan fingerprint density at radius 2 is 0.963 bits per heavy atom. The summed E-state index contributed by atoms with van der Waals surface area (Å²) in [6.45, 7) is 16.0. The molecule has 0 aromatic rings. The van der Waals surface area contributed by atoms with Crippen molar-refractivity contribution in [1.82, 2.24) is 4.90 Å². The first-order valence-electron chi connectivity index (χ1n) is 12.2. The first-order valence-corrected chi connectivity index (χ1v) is 18.7. The van der Waals surface area contributed by atoms with Gasteiger partial charge in [0, 0.05) is 13.1 Å². The van der Waals surface area contributed by atoms with Crippen LogP contribution < -0.4 is 0 Å². The summed E-state index contributed by atoms with van der Waals surface area (Å²) in [5, 5.41) is 0. The van der Waals surface area contributed by atoms with Gasteiger partial charge < -0.3 is 4.90 Å². The van der Waals surface area contributed by atoms with E-state index in [4.69, 9.17) is 12.2 Å². The summed E-state index contributed by atoms with van der Waals surface area (Å²) in [4.78, 5) is 3.58. The maximum absolute atomic E-state index is 5.43. The van der Waals surface area contributed by atoms with Gasteiger partial charge in [-0.15, -0.1) is 0 Å². The van der Waals surface area contributed by atoms with Gasteiger partial charge in [0.1, 0.15) is 0 Å². The minimum atomic E-state index is -0.839. The predicted octanol–water partition coefficient (Wildman–Crippen LogP) is 8.90. The van der Waals surface area contributed by atoms with Gasteiger partial charge in [-0.1, -0.05) is 45.8 Å². The van der Waals surface area contributed by atoms with E-state index in [0.717, 1.165) is 19.5 Å². The van der Waals surface area contributed by atoms with E-state index in [1.807, 2.05) is 0 Å². The van der Waals surface area contributed by atoms with Crippen LogP contribution in [0.4, 0.5) is 0 Å². The van der Waals surface area contributed by atoms with Gasteiger partial charge in [-0.3, -0.25) is 0 Å². The fourth-order valence-corrected chi connectivity index (χ4v) is 12.9. The quantitative estimate of drug-likeness (QED) is 0.143. The second-order valence-corrected chi connectivity index (χ2v) is 16.9. The van der Waals surface area contributed by atoms with Crippen molar-refractivity contribution in [3.63, 3.8) is 0 Å². The van der Waals surface area contributed by atoms with Crippen LogP contribution >= 0.6 is 12.2 Å². The minimum absolute atomic E-state index is 0.839. The Labute approximate surface area is 186 Å². The van der Waals surface area contributed by atoms with E-state index in [0.29, 0.717) is 0 Å². The molecule has 0 saturated carbocycles. The molecule has 0 aromatic heterocycles. The molecule has 27 heavy (non-hydrogen) atoms. The van der Waals surface area contributed by atoms with Crippen LogP contribution in [0.5, 0.6) is 0 Å². The third-order valence-corrected chi connectivity index (χ3v) is 14.6. The zero-order chi connectivity index (χ0) is 20.8. The molecule has 3 heteroatoms. The van der Waals surface area contributed by atoms with Gasteiger partial charge in [-0.25, -0.2) is 0 Å². The average Bonchev–Trinajstić information content (AvgIpc) is 2.68. The molecule has 0 saturated heterocycles. The Morgan fingerprint density at radius 3 is 1.26 bits per heavy atom. The number of unbranched alkanes of at least 4 members (excludes halogenated alkanes) is 5. The molecule has 0 spiro atoms. The van der Waals surface area contributed by atoms with Gasteiger partial charge in [0.25, 0.3) is 0 Å². The zero-order valence-corrected chi connectivity index (χ0v) is 23.5. The molecule has 0 aliphatic heterocycles. The molecule has 0 atom stereocenters. The van der Waals surface area contributed by atoms with E-state index in [9.17, 15) is 0 Å². The van der Waals surface area contributed by atoms with Crippen LogP contribution in [0.1, 0.15) is 119 Å². The first kappa shape index (κ1) is 29.9. The van der Waals surface area contributed by atoms with Crippen LogP contribution in [0.25, 0.3) is 0 Å². The van der Waals surface area contributed by atoms with Gasteiger partial charge in [-0.05, 0) is 25.7 Å². The van der Waals surface area contributed by atoms with Crippen LogP contribution in [0, 0.1) is 0 Å². The SMILES string of the molecule is CCCCN(CCCC)C(=S)CCC.CCC[CH2][Sn]([CH2]CCC)[CH2]CCC. The molecule has 0 aliphatic rings. The third kappa shape index (κ3) is 21.2. The Kier molecular flexibility index (Phi) is 27.4. The van der Waals surface area contributed by atoms with Gasteiger partial charge in [0.15, 0.2) is 0 Å². The van der Waals surface area contributed by atoms with Crippen molar-refractivity contribution in [1.29, 1.82) is 0 Å². The Morgan fingerprint density at radius 1 is 0.593 bits per heavy atom. The van der Waals surface area contributed by atoms with Crippen molar-refractivity contribution >= 4 is 37.0 Å². The molecule has 0 fully saturated rings. The summed E-state index contributed by atoms with van der Waals surface area (Å²) >= 11 is 4.59. The number of thiocarbonyl (C=S) groups is 1. The van der Waals surface area contributed by atoms with Crippen molar-refractivity contribution in [2.24, 2.45) is 0 Å². The molecule has 0 bridgehead atoms. The summed E-state index contributed by atoms with van der Waals surface area (Å²) in [7, 11) is 0. The topological polar surface area (TPSA) is 3.24 Å². The molecule has 0 N–H and O–H groups in total. The number of nitrogens with zero attached hydrogens (tertiary/aromatic N) is 1. The molecule has 0 aromatic carbocycles. The first-order chi connectivity index (χ1) is 13.1. The van der Waals surface area contributed by atoms with Gasteiger partial charge >= 0.3 is 92.4 Å². The molecule has 0 aliphatic carbocycles. The van der Waals surface area contributed by atoms with Crippen LogP contribution in [0.3, 0.4) is 0 Å². The van der Waals surface area contributed by atoms with Crippen LogP contribution in [0.2, 0.25) is 13.3 Å². The Bertz CT molecular complexity index is 269. The number of hydrogen-bond donors (Lipinski definition) is 0. The van der Waals surface area contributed by atoms with E-state index >= 15 is 0 Å². The zero-order valence-electron chi connectivity index (χ0n) is 19.9. The molecule has 0 amide bonds. The normalized spacial score (nSPS) is 10.6. The van der Waals surface area contributed by atoms with Crippen molar-refractivity contribution in [2.45, 2.75) is 132 Å². The summed E-state index contributed by atoms with van der Waals surface area (Å²) in [6.07, 6.45) is 16.2. The van der Waals surface area contributed by atoms with E-state index in [1.54, 1.807) is 13.3 Å². The number of hydrogen-bond acceptors (Lipinski definition) is 1. The number of rotatable bonds is 17. The predicted molar refractivity (Wildman–Crippen MR) is 134 cm³/mol. The van der Waals surface area contributed by atoms with Crippen molar-refractivity contribution < 1.29 is 0 Å². The molecule has 1 nitrogen and oxygen atoms in total. The van der Waals surface area contributed by atoms with Crippen LogP contribution in [-0.4, -0.2) is 42.7 Å². The van der Waals surface area contributed by atoms with E-state index < -0.39 is 19.8 Å². The molecular formula is C24H52NSSn. The van der Waals surface area contributed by atoms with E-state index in [2.05, 4.69) is 46.4 Å².